The molecule has 3 aromatic heterocycles. The van der Waals surface area contributed by atoms with E-state index in [0.717, 1.165) is 11.3 Å². The van der Waals surface area contributed by atoms with E-state index < -0.39 is 11.4 Å². The van der Waals surface area contributed by atoms with Crippen molar-refractivity contribution in [3.05, 3.63) is 46.8 Å². The quantitative estimate of drug-likeness (QED) is 0.586. The molecule has 0 amide bonds. The Hall–Kier alpha value is -3.00. The number of nitrogens with one attached hydrogen (secondary N) is 1. The van der Waals surface area contributed by atoms with E-state index in [2.05, 4.69) is 15.0 Å². The molecule has 1 saturated heterocycles. The van der Waals surface area contributed by atoms with Crippen LogP contribution in [0.3, 0.4) is 0 Å². The fourth-order valence-electron chi connectivity index (χ4n) is 2.69. The Labute approximate surface area is 138 Å². The van der Waals surface area contributed by atoms with Crippen molar-refractivity contribution in [3.63, 3.8) is 0 Å². The number of anilines is 1. The summed E-state index contributed by atoms with van der Waals surface area (Å²) in [6.07, 6.45) is 2.92. The number of pyridine rings is 2. The maximum absolute atomic E-state index is 10.9. The Morgan fingerprint density at radius 2 is 2.25 bits per heavy atom. The van der Waals surface area contributed by atoms with E-state index in [1.807, 2.05) is 23.1 Å². The summed E-state index contributed by atoms with van der Waals surface area (Å²) in [6.45, 7) is 1.06. The van der Waals surface area contributed by atoms with Crippen molar-refractivity contribution in [1.82, 2.24) is 15.0 Å². The summed E-state index contributed by atoms with van der Waals surface area (Å²) in [6, 6.07) is 7.06. The molecular weight excluding hydrogens is 310 g/mol. The summed E-state index contributed by atoms with van der Waals surface area (Å²) in [5.41, 5.74) is 2.22. The Bertz CT molecular complexity index is 944. The van der Waals surface area contributed by atoms with Crippen molar-refractivity contribution in [3.8, 4) is 11.3 Å². The van der Waals surface area contributed by atoms with Crippen LogP contribution in [0.2, 0.25) is 0 Å². The summed E-state index contributed by atoms with van der Waals surface area (Å²) >= 11 is 0. The number of fused-ring (bicyclic) bond motifs is 1. The molecule has 0 saturated carbocycles. The third kappa shape index (κ3) is 2.67. The average Bonchev–Trinajstić information content (AvgIpc) is 3.05. The summed E-state index contributed by atoms with van der Waals surface area (Å²) < 4.78 is 13.4. The van der Waals surface area contributed by atoms with Crippen LogP contribution in [-0.4, -0.2) is 46.2 Å². The standard InChI is InChI=1S/C16H15N5O3/c22-21(23)13-7-12-8-14(19-16(12)18-10-13)11-1-2-17-15(9-11)20-3-5-24-6-4-20/h1-2,7-10H,3-6H2,(H,18,19)/i3D. The van der Waals surface area contributed by atoms with Gasteiger partial charge in [0.25, 0.3) is 5.69 Å². The van der Waals surface area contributed by atoms with Gasteiger partial charge in [0.05, 0.1) is 19.5 Å². The Kier molecular flexibility index (Phi) is 3.30. The van der Waals surface area contributed by atoms with Gasteiger partial charge in [0.1, 0.15) is 17.7 Å². The number of H-pyrrole nitrogens is 1. The molecule has 3 aromatic rings. The van der Waals surface area contributed by atoms with Crippen LogP contribution in [0.4, 0.5) is 11.5 Å². The maximum Gasteiger partial charge on any atom is 0.288 e. The minimum Gasteiger partial charge on any atom is -0.378 e. The lowest BCUT2D eigenvalue weighted by molar-refractivity contribution is -0.385. The lowest BCUT2D eigenvalue weighted by Crippen LogP contribution is -2.36. The van der Waals surface area contributed by atoms with Crippen LogP contribution in [0.5, 0.6) is 0 Å². The number of aromatic amines is 1. The number of nitrogens with zero attached hydrogens (tertiary/aromatic N) is 4. The first-order valence-electron chi connectivity index (χ1n) is 8.06. The fourth-order valence-corrected chi connectivity index (χ4v) is 2.69. The Morgan fingerprint density at radius 3 is 3.08 bits per heavy atom. The van der Waals surface area contributed by atoms with Crippen molar-refractivity contribution < 1.29 is 11.0 Å². The topological polar surface area (TPSA) is 97.2 Å². The number of nitro groups is 1. The summed E-state index contributed by atoms with van der Waals surface area (Å²) in [5.74, 6) is 0.707. The number of rotatable bonds is 3. The molecular formula is C16H15N5O3. The number of hydrogen-bond acceptors (Lipinski definition) is 6. The van der Waals surface area contributed by atoms with Gasteiger partial charge in [-0.2, -0.15) is 0 Å². The number of ether oxygens (including phenoxy) is 1. The molecule has 4 heterocycles. The van der Waals surface area contributed by atoms with Gasteiger partial charge in [0.15, 0.2) is 0 Å². The highest BCUT2D eigenvalue weighted by Gasteiger charge is 2.14. The van der Waals surface area contributed by atoms with Crippen molar-refractivity contribution in [1.29, 1.82) is 0 Å². The minimum atomic E-state index is -0.483. The monoisotopic (exact) mass is 326 g/mol. The summed E-state index contributed by atoms with van der Waals surface area (Å²) in [4.78, 5) is 23.9. The van der Waals surface area contributed by atoms with Crippen molar-refractivity contribution >= 4 is 22.5 Å². The molecule has 1 atom stereocenters. The van der Waals surface area contributed by atoms with E-state index in [1.54, 1.807) is 6.20 Å². The van der Waals surface area contributed by atoms with Crippen LogP contribution in [0.15, 0.2) is 36.7 Å². The molecule has 0 radical (unpaired) electrons. The largest absolute Gasteiger partial charge is 0.378 e. The van der Waals surface area contributed by atoms with Gasteiger partial charge in [-0.25, -0.2) is 9.97 Å². The van der Waals surface area contributed by atoms with Gasteiger partial charge in [-0.1, -0.05) is 0 Å². The molecule has 4 rings (SSSR count). The van der Waals surface area contributed by atoms with E-state index in [9.17, 15) is 10.1 Å². The SMILES string of the molecule is [2H]C1COCCN1c1cc(-c2cc3cc([N+](=O)[O-])cnc3[nH]2)ccn1. The Morgan fingerprint density at radius 1 is 1.33 bits per heavy atom. The van der Waals surface area contributed by atoms with Gasteiger partial charge in [0.2, 0.25) is 0 Å². The van der Waals surface area contributed by atoms with Gasteiger partial charge in [-0.15, -0.1) is 0 Å². The van der Waals surface area contributed by atoms with E-state index in [1.165, 1.54) is 12.3 Å². The maximum atomic E-state index is 10.9. The first kappa shape index (κ1) is 13.4. The second kappa shape index (κ2) is 5.89. The molecule has 0 aliphatic carbocycles. The zero-order valence-electron chi connectivity index (χ0n) is 13.7. The zero-order valence-corrected chi connectivity index (χ0v) is 12.7. The second-order valence-electron chi connectivity index (χ2n) is 5.43. The lowest BCUT2D eigenvalue weighted by Gasteiger charge is -2.27. The average molecular weight is 326 g/mol. The van der Waals surface area contributed by atoms with Gasteiger partial charge in [-0.05, 0) is 18.2 Å². The first-order chi connectivity index (χ1) is 12.1. The van der Waals surface area contributed by atoms with E-state index >= 15 is 0 Å². The summed E-state index contributed by atoms with van der Waals surface area (Å²) in [7, 11) is 0. The van der Waals surface area contributed by atoms with Gasteiger partial charge < -0.3 is 14.6 Å². The second-order valence-corrected chi connectivity index (χ2v) is 5.43. The van der Waals surface area contributed by atoms with Gasteiger partial charge >= 0.3 is 0 Å². The molecule has 8 nitrogen and oxygen atoms in total. The van der Waals surface area contributed by atoms with Crippen molar-refractivity contribution in [2.75, 3.05) is 31.2 Å². The van der Waals surface area contributed by atoms with Crippen molar-refractivity contribution in [2.45, 2.75) is 0 Å². The van der Waals surface area contributed by atoms with Crippen LogP contribution in [-0.2, 0) is 4.74 Å². The van der Waals surface area contributed by atoms with Crippen LogP contribution in [0.25, 0.3) is 22.3 Å². The molecule has 1 fully saturated rings. The molecule has 1 aliphatic rings. The molecule has 0 bridgehead atoms. The third-order valence-corrected chi connectivity index (χ3v) is 3.91. The van der Waals surface area contributed by atoms with Crippen LogP contribution in [0.1, 0.15) is 1.37 Å². The highest BCUT2D eigenvalue weighted by Crippen LogP contribution is 2.27. The number of morpholine rings is 1. The molecule has 8 heteroatoms. The molecule has 1 aliphatic heterocycles. The third-order valence-electron chi connectivity index (χ3n) is 3.91. The van der Waals surface area contributed by atoms with Crippen molar-refractivity contribution in [2.24, 2.45) is 0 Å². The lowest BCUT2D eigenvalue weighted by atomic mass is 10.2. The molecule has 0 spiro atoms. The number of aromatic nitrogens is 3. The van der Waals surface area contributed by atoms with E-state index in [0.29, 0.717) is 36.6 Å². The zero-order chi connectivity index (χ0) is 17.4. The number of hydrogen-bond donors (Lipinski definition) is 1. The molecule has 24 heavy (non-hydrogen) atoms. The highest BCUT2D eigenvalue weighted by atomic mass is 16.6. The fraction of sp³-hybridized carbons (Fsp3) is 0.250. The summed E-state index contributed by atoms with van der Waals surface area (Å²) in [5, 5.41) is 11.6. The predicted molar refractivity (Wildman–Crippen MR) is 89.0 cm³/mol. The molecule has 0 aromatic carbocycles. The van der Waals surface area contributed by atoms with E-state index in [4.69, 9.17) is 6.11 Å². The van der Waals surface area contributed by atoms with Gasteiger partial charge in [0, 0.05) is 42.0 Å². The Balaban J connectivity index is 1.71. The highest BCUT2D eigenvalue weighted by molar-refractivity contribution is 5.84. The molecule has 1 unspecified atom stereocenters. The van der Waals surface area contributed by atoms with Crippen LogP contribution < -0.4 is 4.90 Å². The smallest absolute Gasteiger partial charge is 0.288 e. The molecule has 122 valence electrons. The van der Waals surface area contributed by atoms with Crippen LogP contribution in [0, 0.1) is 10.1 Å². The molecule has 1 N–H and O–H groups in total. The van der Waals surface area contributed by atoms with Crippen LogP contribution >= 0.6 is 0 Å². The minimum absolute atomic E-state index is 0.0427. The normalized spacial score (nSPS) is 18.6. The first-order valence-corrected chi connectivity index (χ1v) is 7.48. The van der Waals surface area contributed by atoms with Gasteiger partial charge in [-0.3, -0.25) is 10.1 Å². The van der Waals surface area contributed by atoms with E-state index in [-0.39, 0.29) is 5.69 Å². The predicted octanol–water partition coefficient (Wildman–Crippen LogP) is 2.37.